The topological polar surface area (TPSA) is 32.3 Å². The number of hydrogen-bond acceptors (Lipinski definition) is 1. The number of rotatable bonds is 5. The van der Waals surface area contributed by atoms with Crippen LogP contribution in [0.4, 0.5) is 10.5 Å². The molecule has 1 aliphatic heterocycles. The lowest BCUT2D eigenvalue weighted by molar-refractivity contribution is 0.246. The lowest BCUT2D eigenvalue weighted by Crippen LogP contribution is -2.39. The number of nitrogens with one attached hydrogen (secondary N) is 1. The van der Waals surface area contributed by atoms with E-state index in [2.05, 4.69) is 18.8 Å². The third kappa shape index (κ3) is 3.15. The third-order valence-corrected chi connectivity index (χ3v) is 3.74. The van der Waals surface area contributed by atoms with Crippen LogP contribution in [0.15, 0.2) is 24.8 Å². The van der Waals surface area contributed by atoms with Gasteiger partial charge < -0.3 is 5.32 Å². The number of benzene rings is 1. The van der Waals surface area contributed by atoms with Crippen molar-refractivity contribution in [2.45, 2.75) is 32.6 Å². The molecule has 1 N–H and O–H groups in total. The van der Waals surface area contributed by atoms with Gasteiger partial charge in [-0.25, -0.2) is 4.79 Å². The van der Waals surface area contributed by atoms with Gasteiger partial charge in [-0.15, -0.1) is 6.58 Å². The molecule has 2 amide bonds. The van der Waals surface area contributed by atoms with Gasteiger partial charge >= 0.3 is 6.03 Å². The minimum atomic E-state index is -0.00941. The van der Waals surface area contributed by atoms with Crippen LogP contribution in [0.1, 0.15) is 30.9 Å². The molecule has 20 heavy (non-hydrogen) atoms. The fourth-order valence-corrected chi connectivity index (χ4v) is 2.84. The van der Waals surface area contributed by atoms with Crippen molar-refractivity contribution in [1.82, 2.24) is 5.32 Å². The van der Waals surface area contributed by atoms with E-state index in [4.69, 9.17) is 11.6 Å². The summed E-state index contributed by atoms with van der Waals surface area (Å²) in [7, 11) is 0. The van der Waals surface area contributed by atoms with E-state index >= 15 is 0 Å². The maximum atomic E-state index is 12.3. The van der Waals surface area contributed by atoms with Crippen LogP contribution in [0.3, 0.4) is 0 Å². The average Bonchev–Trinajstić information content (AvgIpc) is 2.83. The van der Waals surface area contributed by atoms with Gasteiger partial charge in [0.15, 0.2) is 0 Å². The summed E-state index contributed by atoms with van der Waals surface area (Å²) >= 11 is 6.14. The van der Waals surface area contributed by atoms with Crippen LogP contribution >= 0.6 is 11.6 Å². The summed E-state index contributed by atoms with van der Waals surface area (Å²) in [5.41, 5.74) is 3.24. The number of allylic oxidation sites excluding steroid dienone is 1. The van der Waals surface area contributed by atoms with Crippen LogP contribution in [-0.4, -0.2) is 19.1 Å². The Balaban J connectivity index is 2.22. The van der Waals surface area contributed by atoms with Gasteiger partial charge in [0, 0.05) is 18.1 Å². The Morgan fingerprint density at radius 3 is 3.05 bits per heavy atom. The Morgan fingerprint density at radius 1 is 1.55 bits per heavy atom. The Hall–Kier alpha value is -1.48. The molecule has 0 spiro atoms. The van der Waals surface area contributed by atoms with Gasteiger partial charge in [0.2, 0.25) is 0 Å². The third-order valence-electron chi connectivity index (χ3n) is 3.52. The number of anilines is 1. The van der Waals surface area contributed by atoms with Gasteiger partial charge in [-0.3, -0.25) is 4.90 Å². The number of hydrogen-bond donors (Lipinski definition) is 1. The Morgan fingerprint density at radius 2 is 2.35 bits per heavy atom. The lowest BCUT2D eigenvalue weighted by atomic mass is 10.0. The lowest BCUT2D eigenvalue weighted by Gasteiger charge is -2.21. The average molecular weight is 293 g/mol. The first kappa shape index (κ1) is 14.9. The van der Waals surface area contributed by atoms with E-state index in [0.717, 1.165) is 60.6 Å². The summed E-state index contributed by atoms with van der Waals surface area (Å²) in [6.45, 7) is 7.34. The smallest absolute Gasteiger partial charge is 0.321 e. The standard InChI is InChI=1S/C16H21ClN2O/c1-3-5-8-18-16(20)19-9-7-13-11-14(17)10-12(6-4-2)15(13)19/h4,10-11H,2-3,5-9H2,1H3,(H,18,20). The summed E-state index contributed by atoms with van der Waals surface area (Å²) in [6, 6.07) is 3.88. The molecule has 0 fully saturated rings. The Labute approximate surface area is 125 Å². The largest absolute Gasteiger partial charge is 0.338 e. The summed E-state index contributed by atoms with van der Waals surface area (Å²) in [6.07, 6.45) is 5.51. The quantitative estimate of drug-likeness (QED) is 0.647. The second-order valence-corrected chi connectivity index (χ2v) is 5.49. The molecule has 4 heteroatoms. The molecule has 0 aliphatic carbocycles. The van der Waals surface area contributed by atoms with E-state index in [-0.39, 0.29) is 6.03 Å². The molecule has 2 rings (SSSR count). The van der Waals surface area contributed by atoms with Crippen molar-refractivity contribution in [2.75, 3.05) is 18.0 Å². The molecule has 0 unspecified atom stereocenters. The summed E-state index contributed by atoms with van der Waals surface area (Å²) < 4.78 is 0. The normalized spacial score (nSPS) is 13.2. The number of unbranched alkanes of at least 4 members (excludes halogenated alkanes) is 1. The highest BCUT2D eigenvalue weighted by molar-refractivity contribution is 6.31. The first-order valence-electron chi connectivity index (χ1n) is 7.15. The fraction of sp³-hybridized carbons (Fsp3) is 0.438. The van der Waals surface area contributed by atoms with E-state index < -0.39 is 0 Å². The number of carbonyl (C=O) groups is 1. The molecule has 0 radical (unpaired) electrons. The number of fused-ring (bicyclic) bond motifs is 1. The fourth-order valence-electron chi connectivity index (χ4n) is 2.58. The molecule has 0 bridgehead atoms. The highest BCUT2D eigenvalue weighted by atomic mass is 35.5. The molecule has 0 aromatic heterocycles. The molecule has 1 aliphatic rings. The van der Waals surface area contributed by atoms with Gasteiger partial charge in [-0.1, -0.05) is 31.0 Å². The van der Waals surface area contributed by atoms with Crippen LogP contribution in [0.25, 0.3) is 0 Å². The van der Waals surface area contributed by atoms with Crippen LogP contribution in [0.5, 0.6) is 0 Å². The maximum Gasteiger partial charge on any atom is 0.321 e. The Bertz CT molecular complexity index is 513. The highest BCUT2D eigenvalue weighted by Gasteiger charge is 2.27. The second kappa shape index (κ2) is 6.80. The Kier molecular flexibility index (Phi) is 5.07. The van der Waals surface area contributed by atoms with Crippen molar-refractivity contribution in [2.24, 2.45) is 0 Å². The van der Waals surface area contributed by atoms with Gasteiger partial charge in [-0.05, 0) is 42.5 Å². The first-order valence-corrected chi connectivity index (χ1v) is 7.52. The van der Waals surface area contributed by atoms with E-state index in [9.17, 15) is 4.79 Å². The van der Waals surface area contributed by atoms with E-state index in [0.29, 0.717) is 0 Å². The van der Waals surface area contributed by atoms with E-state index in [1.807, 2.05) is 23.1 Å². The van der Waals surface area contributed by atoms with Gasteiger partial charge in [0.25, 0.3) is 0 Å². The molecule has 0 saturated heterocycles. The van der Waals surface area contributed by atoms with Gasteiger partial charge in [0.05, 0.1) is 5.69 Å². The van der Waals surface area contributed by atoms with Crippen LogP contribution in [0, 0.1) is 0 Å². The molecule has 3 nitrogen and oxygen atoms in total. The zero-order valence-corrected chi connectivity index (χ0v) is 12.7. The SMILES string of the molecule is C=CCc1cc(Cl)cc2c1N(C(=O)NCCCC)CC2. The molecule has 108 valence electrons. The number of halogens is 1. The molecule has 0 atom stereocenters. The second-order valence-electron chi connectivity index (χ2n) is 5.05. The first-order chi connectivity index (χ1) is 9.67. The van der Waals surface area contributed by atoms with Crippen molar-refractivity contribution in [3.8, 4) is 0 Å². The predicted octanol–water partition coefficient (Wildman–Crippen LogP) is 3.94. The minimum Gasteiger partial charge on any atom is -0.338 e. The molecular formula is C16H21ClN2O. The van der Waals surface area contributed by atoms with Crippen molar-refractivity contribution in [1.29, 1.82) is 0 Å². The minimum absolute atomic E-state index is 0.00941. The van der Waals surface area contributed by atoms with Crippen molar-refractivity contribution >= 4 is 23.3 Å². The number of amides is 2. The summed E-state index contributed by atoms with van der Waals surface area (Å²) in [5.74, 6) is 0. The van der Waals surface area contributed by atoms with Crippen LogP contribution < -0.4 is 10.2 Å². The zero-order chi connectivity index (χ0) is 14.5. The molecule has 0 saturated carbocycles. The maximum absolute atomic E-state index is 12.3. The molecule has 1 aromatic rings. The van der Waals surface area contributed by atoms with E-state index in [1.165, 1.54) is 0 Å². The number of urea groups is 1. The van der Waals surface area contributed by atoms with Crippen molar-refractivity contribution in [3.63, 3.8) is 0 Å². The monoisotopic (exact) mass is 292 g/mol. The predicted molar refractivity (Wildman–Crippen MR) is 84.7 cm³/mol. The van der Waals surface area contributed by atoms with Crippen molar-refractivity contribution in [3.05, 3.63) is 40.9 Å². The molecular weight excluding hydrogens is 272 g/mol. The van der Waals surface area contributed by atoms with Crippen molar-refractivity contribution < 1.29 is 4.79 Å². The molecule has 1 aromatic carbocycles. The van der Waals surface area contributed by atoms with Crippen LogP contribution in [-0.2, 0) is 12.8 Å². The number of nitrogens with zero attached hydrogens (tertiary/aromatic N) is 1. The molecule has 1 heterocycles. The number of carbonyl (C=O) groups excluding carboxylic acids is 1. The van der Waals surface area contributed by atoms with E-state index in [1.54, 1.807) is 0 Å². The summed E-state index contributed by atoms with van der Waals surface area (Å²) in [4.78, 5) is 14.1. The van der Waals surface area contributed by atoms with Gasteiger partial charge in [0.1, 0.15) is 0 Å². The van der Waals surface area contributed by atoms with Gasteiger partial charge in [-0.2, -0.15) is 0 Å². The zero-order valence-electron chi connectivity index (χ0n) is 11.9. The van der Waals surface area contributed by atoms with Crippen LogP contribution in [0.2, 0.25) is 5.02 Å². The summed E-state index contributed by atoms with van der Waals surface area (Å²) in [5, 5.41) is 3.71. The highest BCUT2D eigenvalue weighted by Crippen LogP contribution is 2.35.